The van der Waals surface area contributed by atoms with Gasteiger partial charge in [-0.2, -0.15) is 0 Å². The summed E-state index contributed by atoms with van der Waals surface area (Å²) in [6.07, 6.45) is 1.13. The van der Waals surface area contributed by atoms with E-state index in [1.54, 1.807) is 0 Å². The minimum absolute atomic E-state index is 0.199. The lowest BCUT2D eigenvalue weighted by atomic mass is 10.0. The van der Waals surface area contributed by atoms with E-state index in [9.17, 15) is 32.7 Å². The van der Waals surface area contributed by atoms with Gasteiger partial charge in [-0.25, -0.2) is 13.2 Å². The average Bonchev–Trinajstić information content (AvgIpc) is 3.17. The molecule has 2 aliphatic heterocycles. The molecule has 4 rings (SSSR count). The molecule has 2 atom stereocenters. The number of hydrogen-bond donors (Lipinski definition) is 2. The number of aromatic hydroxyl groups is 1. The minimum atomic E-state index is -1.20. The number of pyridine rings is 1. The van der Waals surface area contributed by atoms with Crippen LogP contribution >= 0.6 is 0 Å². The molecule has 0 aliphatic carbocycles. The van der Waals surface area contributed by atoms with E-state index in [4.69, 9.17) is 4.74 Å². The smallest absolute Gasteiger partial charge is 0.274 e. The van der Waals surface area contributed by atoms with Crippen molar-refractivity contribution in [3.8, 4) is 5.75 Å². The zero-order valence-electron chi connectivity index (χ0n) is 15.6. The third-order valence-electron chi connectivity index (χ3n) is 5.39. The molecule has 2 amide bonds. The van der Waals surface area contributed by atoms with Crippen molar-refractivity contribution >= 4 is 11.8 Å². The van der Waals surface area contributed by atoms with E-state index in [1.165, 1.54) is 16.5 Å². The van der Waals surface area contributed by atoms with Crippen LogP contribution in [0.5, 0.6) is 5.75 Å². The highest BCUT2D eigenvalue weighted by molar-refractivity contribution is 5.99. The molecule has 8 nitrogen and oxygen atoms in total. The summed E-state index contributed by atoms with van der Waals surface area (Å²) in [5.74, 6) is -6.02. The van der Waals surface area contributed by atoms with Crippen molar-refractivity contribution in [3.63, 3.8) is 0 Å². The minimum Gasteiger partial charge on any atom is -0.503 e. The number of ether oxygens (including phenoxy) is 1. The van der Waals surface area contributed by atoms with Gasteiger partial charge in [-0.1, -0.05) is 0 Å². The van der Waals surface area contributed by atoms with E-state index in [0.29, 0.717) is 12.1 Å². The highest BCUT2D eigenvalue weighted by Crippen LogP contribution is 2.33. The molecule has 3 heterocycles. The van der Waals surface area contributed by atoms with Gasteiger partial charge in [0.2, 0.25) is 5.43 Å². The summed E-state index contributed by atoms with van der Waals surface area (Å²) in [5, 5.41) is 12.5. The molecular weight excluding hydrogens is 407 g/mol. The molecule has 11 heteroatoms. The molecule has 2 N–H and O–H groups in total. The number of nitrogens with zero attached hydrogens (tertiary/aromatic N) is 2. The maximum absolute atomic E-state index is 13.8. The van der Waals surface area contributed by atoms with Crippen LogP contribution in [0.4, 0.5) is 13.2 Å². The van der Waals surface area contributed by atoms with Crippen LogP contribution in [0.3, 0.4) is 0 Å². The predicted molar refractivity (Wildman–Crippen MR) is 95.6 cm³/mol. The van der Waals surface area contributed by atoms with Gasteiger partial charge in [-0.3, -0.25) is 14.4 Å². The summed E-state index contributed by atoms with van der Waals surface area (Å²) in [6, 6.07) is 0.164. The monoisotopic (exact) mass is 423 g/mol. The second-order valence-electron chi connectivity index (χ2n) is 7.10. The molecule has 0 spiro atoms. The lowest BCUT2D eigenvalue weighted by Gasteiger charge is -2.36. The molecule has 0 bridgehead atoms. The Balaban J connectivity index is 1.68. The Morgan fingerprint density at radius 3 is 2.50 bits per heavy atom. The fourth-order valence-corrected chi connectivity index (χ4v) is 3.74. The van der Waals surface area contributed by atoms with E-state index < -0.39 is 64.2 Å². The number of benzene rings is 1. The number of likely N-dealkylation sites (N-methyl/N-ethyl adjacent to an activating group) is 1. The first-order valence-corrected chi connectivity index (χ1v) is 8.95. The van der Waals surface area contributed by atoms with Crippen LogP contribution in [0.1, 0.15) is 32.5 Å². The number of aromatic nitrogens is 1. The second-order valence-corrected chi connectivity index (χ2v) is 7.10. The number of carbonyl (C=O) groups excluding carboxylic acids is 2. The maximum atomic E-state index is 13.8. The summed E-state index contributed by atoms with van der Waals surface area (Å²) in [6.45, 7) is -0.204. The lowest BCUT2D eigenvalue weighted by Crippen LogP contribution is -2.49. The van der Waals surface area contributed by atoms with E-state index in [0.717, 1.165) is 6.20 Å². The number of amides is 2. The number of nitrogens with one attached hydrogen (secondary N) is 1. The van der Waals surface area contributed by atoms with Crippen molar-refractivity contribution in [1.29, 1.82) is 0 Å². The molecule has 1 saturated heterocycles. The van der Waals surface area contributed by atoms with Crippen molar-refractivity contribution in [2.24, 2.45) is 0 Å². The molecule has 30 heavy (non-hydrogen) atoms. The fraction of sp³-hybridized carbons (Fsp3) is 0.316. The Labute approximate surface area is 167 Å². The number of halogens is 3. The molecule has 2 aliphatic rings. The molecule has 1 aromatic carbocycles. The van der Waals surface area contributed by atoms with Crippen molar-refractivity contribution in [2.45, 2.75) is 18.6 Å². The molecular formula is C19H16F3N3O5. The van der Waals surface area contributed by atoms with Crippen LogP contribution in [0.25, 0.3) is 0 Å². The Morgan fingerprint density at radius 2 is 1.83 bits per heavy atom. The van der Waals surface area contributed by atoms with Crippen LogP contribution in [0.15, 0.2) is 23.1 Å². The van der Waals surface area contributed by atoms with Gasteiger partial charge in [0.25, 0.3) is 11.8 Å². The van der Waals surface area contributed by atoms with Crippen molar-refractivity contribution < 1.29 is 32.6 Å². The number of hydrogen-bond acceptors (Lipinski definition) is 5. The number of carbonyl (C=O) groups is 2. The van der Waals surface area contributed by atoms with Crippen molar-refractivity contribution in [3.05, 3.63) is 62.8 Å². The van der Waals surface area contributed by atoms with E-state index in [-0.39, 0.29) is 24.9 Å². The largest absolute Gasteiger partial charge is 0.503 e. The Kier molecular flexibility index (Phi) is 4.77. The first-order valence-electron chi connectivity index (χ1n) is 8.95. The number of rotatable bonds is 3. The van der Waals surface area contributed by atoms with Crippen LogP contribution in [0.2, 0.25) is 0 Å². The van der Waals surface area contributed by atoms with Gasteiger partial charge in [0.05, 0.1) is 25.3 Å². The quantitative estimate of drug-likeness (QED) is 0.765. The van der Waals surface area contributed by atoms with Gasteiger partial charge >= 0.3 is 0 Å². The molecule has 1 fully saturated rings. The first-order chi connectivity index (χ1) is 14.2. The molecule has 0 saturated carbocycles. The molecule has 158 valence electrons. The molecule has 0 radical (unpaired) electrons. The zero-order chi connectivity index (χ0) is 21.7. The van der Waals surface area contributed by atoms with Gasteiger partial charge < -0.3 is 24.6 Å². The van der Waals surface area contributed by atoms with E-state index in [2.05, 4.69) is 5.32 Å². The summed E-state index contributed by atoms with van der Waals surface area (Å²) in [7, 11) is 1.52. The Hall–Kier alpha value is -3.34. The van der Waals surface area contributed by atoms with Crippen LogP contribution < -0.4 is 10.7 Å². The topological polar surface area (TPSA) is 101 Å². The fourth-order valence-electron chi connectivity index (χ4n) is 3.74. The third kappa shape index (κ3) is 3.02. The predicted octanol–water partition coefficient (Wildman–Crippen LogP) is 0.927. The average molecular weight is 423 g/mol. The highest BCUT2D eigenvalue weighted by Gasteiger charge is 2.43. The maximum Gasteiger partial charge on any atom is 0.274 e. The Bertz CT molecular complexity index is 1110. The summed E-state index contributed by atoms with van der Waals surface area (Å²) >= 11 is 0. The van der Waals surface area contributed by atoms with E-state index in [1.807, 2.05) is 0 Å². The highest BCUT2D eigenvalue weighted by atomic mass is 19.1. The van der Waals surface area contributed by atoms with Crippen molar-refractivity contribution in [1.82, 2.24) is 14.8 Å². The first kappa shape index (κ1) is 20.0. The van der Waals surface area contributed by atoms with Crippen LogP contribution in [-0.2, 0) is 11.3 Å². The van der Waals surface area contributed by atoms with Crippen LogP contribution in [0, 0.1) is 17.5 Å². The zero-order valence-corrected chi connectivity index (χ0v) is 15.6. The second kappa shape index (κ2) is 7.17. The standard InChI is InChI=1S/C19H16F3N3O5/c1-24-13-6-30-7-14(13)25-5-10(16(26)17(27)15(25)19(24)29)18(28)23-4-9-11(21)2-8(20)3-12(9)22/h2-3,5,13-14,27H,4,6-7H2,1H3,(H,23,28)/t13-,14+/m0/s1. The number of fused-ring (bicyclic) bond motifs is 3. The summed E-state index contributed by atoms with van der Waals surface area (Å²) in [4.78, 5) is 38.9. The van der Waals surface area contributed by atoms with Gasteiger partial charge in [-0.05, 0) is 0 Å². The van der Waals surface area contributed by atoms with Gasteiger partial charge in [0.1, 0.15) is 23.0 Å². The van der Waals surface area contributed by atoms with Crippen molar-refractivity contribution in [2.75, 3.05) is 20.3 Å². The molecule has 2 aromatic rings. The third-order valence-corrected chi connectivity index (χ3v) is 5.39. The molecule has 1 aromatic heterocycles. The SMILES string of the molecule is CN1C(=O)c2c(O)c(=O)c(C(=O)NCc3c(F)cc(F)cc3F)cn2[C@@H]2COC[C@@H]21. The van der Waals surface area contributed by atoms with Gasteiger partial charge in [0.15, 0.2) is 11.4 Å². The summed E-state index contributed by atoms with van der Waals surface area (Å²) in [5.41, 5.74) is -2.46. The van der Waals surface area contributed by atoms with Crippen LogP contribution in [-0.4, -0.2) is 52.7 Å². The van der Waals surface area contributed by atoms with Gasteiger partial charge in [0, 0.05) is 37.5 Å². The summed E-state index contributed by atoms with van der Waals surface area (Å²) < 4.78 is 47.3. The van der Waals surface area contributed by atoms with Gasteiger partial charge in [-0.15, -0.1) is 0 Å². The Morgan fingerprint density at radius 1 is 1.20 bits per heavy atom. The molecule has 0 unspecified atom stereocenters. The lowest BCUT2D eigenvalue weighted by molar-refractivity contribution is 0.0622. The normalized spacial score (nSPS) is 20.1. The van der Waals surface area contributed by atoms with E-state index >= 15 is 0 Å².